The lowest BCUT2D eigenvalue weighted by atomic mass is 10.1. The SMILES string of the molecule is CCCCCCCCCCCCOc1ccccc1C(=O)Nc1ccc(C(=O)OCC[N+](C)(CC)CC)cc1. The van der Waals surface area contributed by atoms with Crippen LogP contribution in [-0.2, 0) is 4.74 Å². The Labute approximate surface area is 236 Å². The van der Waals surface area contributed by atoms with E-state index in [9.17, 15) is 9.59 Å². The van der Waals surface area contributed by atoms with Gasteiger partial charge in [0.25, 0.3) is 5.91 Å². The Balaban J connectivity index is 1.75. The molecule has 0 spiro atoms. The van der Waals surface area contributed by atoms with Gasteiger partial charge in [-0.25, -0.2) is 4.79 Å². The number of para-hydroxylation sites is 1. The van der Waals surface area contributed by atoms with Gasteiger partial charge in [-0.05, 0) is 56.7 Å². The van der Waals surface area contributed by atoms with E-state index in [-0.39, 0.29) is 11.9 Å². The van der Waals surface area contributed by atoms with Crippen LogP contribution in [0.25, 0.3) is 0 Å². The van der Waals surface area contributed by atoms with Gasteiger partial charge in [0.2, 0.25) is 0 Å². The minimum absolute atomic E-state index is 0.236. The first-order chi connectivity index (χ1) is 18.9. The summed E-state index contributed by atoms with van der Waals surface area (Å²) in [7, 11) is 2.16. The van der Waals surface area contributed by atoms with Crippen LogP contribution in [0.1, 0.15) is 106 Å². The van der Waals surface area contributed by atoms with Gasteiger partial charge in [0, 0.05) is 5.69 Å². The summed E-state index contributed by atoms with van der Waals surface area (Å²) in [4.78, 5) is 25.4. The highest BCUT2D eigenvalue weighted by atomic mass is 16.5. The summed E-state index contributed by atoms with van der Waals surface area (Å²) in [6.07, 6.45) is 12.7. The number of ether oxygens (including phenoxy) is 2. The maximum atomic E-state index is 13.0. The van der Waals surface area contributed by atoms with Crippen LogP contribution >= 0.6 is 0 Å². The van der Waals surface area contributed by atoms with Crippen molar-refractivity contribution in [3.63, 3.8) is 0 Å². The van der Waals surface area contributed by atoms with Gasteiger partial charge in [0.05, 0.1) is 37.9 Å². The van der Waals surface area contributed by atoms with Gasteiger partial charge in [-0.2, -0.15) is 0 Å². The number of anilines is 1. The third-order valence-electron chi connectivity index (χ3n) is 7.66. The molecule has 1 amide bonds. The summed E-state index contributed by atoms with van der Waals surface area (Å²) in [5.74, 6) is 0.00761. The first kappa shape index (κ1) is 32.4. The molecule has 0 saturated heterocycles. The van der Waals surface area contributed by atoms with E-state index < -0.39 is 0 Å². The molecule has 1 N–H and O–H groups in total. The maximum Gasteiger partial charge on any atom is 0.338 e. The fourth-order valence-electron chi connectivity index (χ4n) is 4.42. The minimum Gasteiger partial charge on any atom is -0.493 e. The van der Waals surface area contributed by atoms with E-state index >= 15 is 0 Å². The van der Waals surface area contributed by atoms with Gasteiger partial charge < -0.3 is 19.3 Å². The Morgan fingerprint density at radius 1 is 0.744 bits per heavy atom. The smallest absolute Gasteiger partial charge is 0.338 e. The van der Waals surface area contributed by atoms with Crippen molar-refractivity contribution in [3.8, 4) is 5.75 Å². The third kappa shape index (κ3) is 12.2. The molecule has 0 atom stereocenters. The average molecular weight is 540 g/mol. The van der Waals surface area contributed by atoms with Gasteiger partial charge in [0.15, 0.2) is 0 Å². The number of quaternary nitrogens is 1. The van der Waals surface area contributed by atoms with Crippen molar-refractivity contribution in [2.24, 2.45) is 0 Å². The Kier molecular flexibility index (Phi) is 15.3. The minimum atomic E-state index is -0.350. The van der Waals surface area contributed by atoms with Crippen LogP contribution in [0.4, 0.5) is 5.69 Å². The normalized spacial score (nSPS) is 11.3. The second kappa shape index (κ2) is 18.4. The van der Waals surface area contributed by atoms with E-state index in [2.05, 4.69) is 33.1 Å². The fourth-order valence-corrected chi connectivity index (χ4v) is 4.42. The Bertz CT molecular complexity index is 970. The summed E-state index contributed by atoms with van der Waals surface area (Å²) in [5.41, 5.74) is 1.58. The number of hydrogen-bond acceptors (Lipinski definition) is 4. The van der Waals surface area contributed by atoms with Crippen molar-refractivity contribution in [2.45, 2.75) is 85.0 Å². The molecule has 0 aliphatic carbocycles. The summed E-state index contributed by atoms with van der Waals surface area (Å²) >= 11 is 0. The second-order valence-corrected chi connectivity index (χ2v) is 10.7. The first-order valence-corrected chi connectivity index (χ1v) is 15.1. The van der Waals surface area contributed by atoms with Gasteiger partial charge in [-0.1, -0.05) is 76.8 Å². The number of benzene rings is 2. The number of nitrogens with one attached hydrogen (secondary N) is 1. The van der Waals surface area contributed by atoms with E-state index in [0.29, 0.717) is 35.8 Å². The second-order valence-electron chi connectivity index (χ2n) is 10.7. The topological polar surface area (TPSA) is 64.6 Å². The van der Waals surface area contributed by atoms with Crippen LogP contribution in [0.3, 0.4) is 0 Å². The predicted molar refractivity (Wildman–Crippen MR) is 161 cm³/mol. The van der Waals surface area contributed by atoms with Crippen molar-refractivity contribution < 1.29 is 23.5 Å². The number of carbonyl (C=O) groups excluding carboxylic acids is 2. The molecule has 0 fully saturated rings. The highest BCUT2D eigenvalue weighted by molar-refractivity contribution is 6.06. The molecule has 0 aliphatic rings. The van der Waals surface area contributed by atoms with E-state index in [1.54, 1.807) is 30.3 Å². The number of likely N-dealkylation sites (N-methyl/N-ethyl adjacent to an activating group) is 1. The third-order valence-corrected chi connectivity index (χ3v) is 7.66. The molecule has 6 heteroatoms. The number of carbonyl (C=O) groups is 2. The first-order valence-electron chi connectivity index (χ1n) is 15.1. The zero-order valence-corrected chi connectivity index (χ0v) is 24.8. The average Bonchev–Trinajstić information content (AvgIpc) is 2.96. The number of esters is 1. The van der Waals surface area contributed by atoms with E-state index in [1.807, 2.05) is 18.2 Å². The molecule has 0 aromatic heterocycles. The van der Waals surface area contributed by atoms with E-state index in [1.165, 1.54) is 51.4 Å². The molecule has 39 heavy (non-hydrogen) atoms. The molecule has 0 heterocycles. The van der Waals surface area contributed by atoms with Crippen LogP contribution in [0.5, 0.6) is 5.75 Å². The van der Waals surface area contributed by atoms with E-state index in [4.69, 9.17) is 9.47 Å². The summed E-state index contributed by atoms with van der Waals surface area (Å²) in [6, 6.07) is 14.1. The van der Waals surface area contributed by atoms with Crippen molar-refractivity contribution in [2.75, 3.05) is 45.2 Å². The van der Waals surface area contributed by atoms with Crippen LogP contribution in [-0.4, -0.2) is 56.3 Å². The Morgan fingerprint density at radius 3 is 1.95 bits per heavy atom. The molecule has 216 valence electrons. The van der Waals surface area contributed by atoms with Gasteiger partial charge in [-0.15, -0.1) is 0 Å². The summed E-state index contributed by atoms with van der Waals surface area (Å²) in [6.45, 7) is 10.3. The molecule has 2 aromatic carbocycles. The van der Waals surface area contributed by atoms with Gasteiger partial charge >= 0.3 is 5.97 Å². The Morgan fingerprint density at radius 2 is 1.33 bits per heavy atom. The number of amides is 1. The molecular weight excluding hydrogens is 488 g/mol. The highest BCUT2D eigenvalue weighted by Gasteiger charge is 2.18. The van der Waals surface area contributed by atoms with Gasteiger partial charge in [0.1, 0.15) is 18.9 Å². The molecule has 0 bridgehead atoms. The molecule has 2 rings (SSSR count). The lowest BCUT2D eigenvalue weighted by Crippen LogP contribution is -2.46. The Hall–Kier alpha value is -2.86. The number of unbranched alkanes of at least 4 members (excludes halogenated alkanes) is 9. The number of nitrogens with zero attached hydrogens (tertiary/aromatic N) is 1. The van der Waals surface area contributed by atoms with Crippen molar-refractivity contribution in [1.82, 2.24) is 0 Å². The molecular formula is C33H51N2O4+. The molecule has 0 unspecified atom stereocenters. The zero-order valence-electron chi connectivity index (χ0n) is 24.8. The van der Waals surface area contributed by atoms with Crippen molar-refractivity contribution >= 4 is 17.6 Å². The monoisotopic (exact) mass is 539 g/mol. The number of rotatable bonds is 20. The molecule has 0 saturated carbocycles. The molecule has 2 aromatic rings. The molecule has 0 aliphatic heterocycles. The zero-order chi connectivity index (χ0) is 28.3. The lowest BCUT2D eigenvalue weighted by Gasteiger charge is -2.31. The predicted octanol–water partition coefficient (Wildman–Crippen LogP) is 7.88. The summed E-state index contributed by atoms with van der Waals surface area (Å²) < 4.78 is 12.3. The van der Waals surface area contributed by atoms with Crippen molar-refractivity contribution in [3.05, 3.63) is 59.7 Å². The standard InChI is InChI=1S/C33H50N2O4/c1-5-8-9-10-11-12-13-14-15-18-26-38-31-20-17-16-19-30(31)32(36)34-29-23-21-28(22-24-29)33(37)39-27-25-35(4,6-2)7-3/h16-17,19-24H,5-15,18,25-27H2,1-4H3/p+1. The van der Waals surface area contributed by atoms with Crippen LogP contribution < -0.4 is 10.1 Å². The van der Waals surface area contributed by atoms with E-state index in [0.717, 1.165) is 37.0 Å². The van der Waals surface area contributed by atoms with Crippen LogP contribution in [0.2, 0.25) is 0 Å². The fraction of sp³-hybridized carbons (Fsp3) is 0.576. The van der Waals surface area contributed by atoms with Crippen molar-refractivity contribution in [1.29, 1.82) is 0 Å². The largest absolute Gasteiger partial charge is 0.493 e. The van der Waals surface area contributed by atoms with Gasteiger partial charge in [-0.3, -0.25) is 4.79 Å². The van der Waals surface area contributed by atoms with Crippen LogP contribution in [0, 0.1) is 0 Å². The lowest BCUT2D eigenvalue weighted by molar-refractivity contribution is -0.906. The molecule has 6 nitrogen and oxygen atoms in total. The molecule has 0 radical (unpaired) electrons. The number of hydrogen-bond donors (Lipinski definition) is 1. The maximum absolute atomic E-state index is 13.0. The quantitative estimate of drug-likeness (QED) is 0.106. The summed E-state index contributed by atoms with van der Waals surface area (Å²) in [5, 5.41) is 2.91. The van der Waals surface area contributed by atoms with Crippen LogP contribution in [0.15, 0.2) is 48.5 Å². The highest BCUT2D eigenvalue weighted by Crippen LogP contribution is 2.21.